The summed E-state index contributed by atoms with van der Waals surface area (Å²) in [6, 6.07) is 8.75. The molecule has 1 unspecified atom stereocenters. The van der Waals surface area contributed by atoms with Gasteiger partial charge in [-0.1, -0.05) is 26.0 Å². The first-order valence-electron chi connectivity index (χ1n) is 5.92. The van der Waals surface area contributed by atoms with E-state index in [1.807, 2.05) is 0 Å². The van der Waals surface area contributed by atoms with Crippen molar-refractivity contribution < 1.29 is 0 Å². The molecule has 88 valence electrons. The lowest BCUT2D eigenvalue weighted by Gasteiger charge is -2.26. The summed E-state index contributed by atoms with van der Waals surface area (Å²) in [5, 5.41) is 0. The third-order valence-electron chi connectivity index (χ3n) is 3.60. The SMILES string of the molecule is CC1(C)CCC(N)(Cc2ccc(I)cc2)C1. The van der Waals surface area contributed by atoms with E-state index in [9.17, 15) is 0 Å². The van der Waals surface area contributed by atoms with E-state index in [1.165, 1.54) is 15.6 Å². The molecule has 16 heavy (non-hydrogen) atoms. The molecule has 1 fully saturated rings. The molecule has 1 nitrogen and oxygen atoms in total. The predicted octanol–water partition coefficient (Wildman–Crippen LogP) is 3.74. The molecule has 0 aliphatic heterocycles. The molecule has 1 saturated carbocycles. The maximum atomic E-state index is 6.50. The second kappa shape index (κ2) is 4.30. The van der Waals surface area contributed by atoms with Crippen molar-refractivity contribution >= 4 is 22.6 Å². The van der Waals surface area contributed by atoms with Crippen LogP contribution in [0.15, 0.2) is 24.3 Å². The molecule has 1 aliphatic rings. The highest BCUT2D eigenvalue weighted by Crippen LogP contribution is 2.43. The molecule has 0 aromatic heterocycles. The Morgan fingerprint density at radius 2 is 1.81 bits per heavy atom. The van der Waals surface area contributed by atoms with E-state index in [0.717, 1.165) is 19.3 Å². The van der Waals surface area contributed by atoms with Crippen molar-refractivity contribution in [3.05, 3.63) is 33.4 Å². The largest absolute Gasteiger partial charge is 0.325 e. The fourth-order valence-corrected chi connectivity index (χ4v) is 3.24. The third kappa shape index (κ3) is 2.98. The number of halogens is 1. The highest BCUT2D eigenvalue weighted by atomic mass is 127. The predicted molar refractivity (Wildman–Crippen MR) is 77.4 cm³/mol. The number of rotatable bonds is 2. The Balaban J connectivity index is 2.07. The van der Waals surface area contributed by atoms with Crippen molar-refractivity contribution in [1.82, 2.24) is 0 Å². The zero-order valence-corrected chi connectivity index (χ0v) is 12.3. The first kappa shape index (κ1) is 12.4. The van der Waals surface area contributed by atoms with Crippen molar-refractivity contribution in [2.75, 3.05) is 0 Å². The molecule has 0 heterocycles. The quantitative estimate of drug-likeness (QED) is 0.822. The van der Waals surface area contributed by atoms with Crippen LogP contribution in [0.3, 0.4) is 0 Å². The standard InChI is InChI=1S/C14H20IN/c1-13(2)7-8-14(16,10-13)9-11-3-5-12(15)6-4-11/h3-6H,7-10,16H2,1-2H3. The Morgan fingerprint density at radius 3 is 2.31 bits per heavy atom. The van der Waals surface area contributed by atoms with Gasteiger partial charge in [0.1, 0.15) is 0 Å². The fourth-order valence-electron chi connectivity index (χ4n) is 2.88. The summed E-state index contributed by atoms with van der Waals surface area (Å²) in [5.41, 5.74) is 8.33. The molecule has 2 heteroatoms. The molecule has 2 rings (SSSR count). The van der Waals surface area contributed by atoms with E-state index in [0.29, 0.717) is 5.41 Å². The van der Waals surface area contributed by atoms with E-state index in [1.54, 1.807) is 0 Å². The van der Waals surface area contributed by atoms with Gasteiger partial charge in [-0.2, -0.15) is 0 Å². The van der Waals surface area contributed by atoms with Crippen molar-refractivity contribution in [1.29, 1.82) is 0 Å². The summed E-state index contributed by atoms with van der Waals surface area (Å²) >= 11 is 2.34. The molecule has 1 atom stereocenters. The van der Waals surface area contributed by atoms with Crippen LogP contribution in [0.5, 0.6) is 0 Å². The molecular formula is C14H20IN. The first-order valence-corrected chi connectivity index (χ1v) is 7.00. The van der Waals surface area contributed by atoms with Gasteiger partial charge in [-0.15, -0.1) is 0 Å². The van der Waals surface area contributed by atoms with Gasteiger partial charge in [0.15, 0.2) is 0 Å². The molecular weight excluding hydrogens is 309 g/mol. The normalized spacial score (nSPS) is 28.2. The van der Waals surface area contributed by atoms with E-state index in [2.05, 4.69) is 60.7 Å². The lowest BCUT2D eigenvalue weighted by atomic mass is 9.85. The van der Waals surface area contributed by atoms with Crippen LogP contribution in [0.25, 0.3) is 0 Å². The summed E-state index contributed by atoms with van der Waals surface area (Å²) in [6.45, 7) is 4.66. The number of benzene rings is 1. The van der Waals surface area contributed by atoms with Crippen LogP contribution < -0.4 is 5.73 Å². The van der Waals surface area contributed by atoms with E-state index in [-0.39, 0.29) is 5.54 Å². The Morgan fingerprint density at radius 1 is 1.19 bits per heavy atom. The van der Waals surface area contributed by atoms with Crippen LogP contribution in [0, 0.1) is 8.99 Å². The topological polar surface area (TPSA) is 26.0 Å². The van der Waals surface area contributed by atoms with Crippen molar-refractivity contribution in [2.45, 2.75) is 45.1 Å². The fraction of sp³-hybridized carbons (Fsp3) is 0.571. The lowest BCUT2D eigenvalue weighted by Crippen LogP contribution is -2.40. The Kier molecular flexibility index (Phi) is 3.32. The molecule has 1 aliphatic carbocycles. The average Bonchev–Trinajstić information content (AvgIpc) is 2.45. The highest BCUT2D eigenvalue weighted by molar-refractivity contribution is 14.1. The Labute approximate surface area is 112 Å². The molecule has 2 N–H and O–H groups in total. The zero-order chi connectivity index (χ0) is 11.8. The maximum Gasteiger partial charge on any atom is 0.0200 e. The van der Waals surface area contributed by atoms with Gasteiger partial charge in [0.2, 0.25) is 0 Å². The lowest BCUT2D eigenvalue weighted by molar-refractivity contribution is 0.334. The molecule has 1 aromatic rings. The van der Waals surface area contributed by atoms with Gasteiger partial charge in [0.05, 0.1) is 0 Å². The van der Waals surface area contributed by atoms with Crippen LogP contribution in [0.2, 0.25) is 0 Å². The summed E-state index contributed by atoms with van der Waals surface area (Å²) in [4.78, 5) is 0. The first-order chi connectivity index (χ1) is 7.39. The van der Waals surface area contributed by atoms with Crippen LogP contribution in [-0.4, -0.2) is 5.54 Å². The van der Waals surface area contributed by atoms with Crippen LogP contribution in [-0.2, 0) is 6.42 Å². The van der Waals surface area contributed by atoms with Gasteiger partial charge in [0, 0.05) is 9.11 Å². The summed E-state index contributed by atoms with van der Waals surface area (Å²) in [6.07, 6.45) is 4.58. The minimum absolute atomic E-state index is 0.0241. The zero-order valence-electron chi connectivity index (χ0n) is 10.1. The second-order valence-electron chi connectivity index (χ2n) is 6.01. The molecule has 0 spiro atoms. The Hall–Kier alpha value is -0.0900. The van der Waals surface area contributed by atoms with Crippen molar-refractivity contribution in [3.63, 3.8) is 0 Å². The average molecular weight is 329 g/mol. The minimum Gasteiger partial charge on any atom is -0.325 e. The maximum absolute atomic E-state index is 6.50. The summed E-state index contributed by atoms with van der Waals surface area (Å²) in [5.74, 6) is 0. The smallest absolute Gasteiger partial charge is 0.0200 e. The van der Waals surface area contributed by atoms with E-state index < -0.39 is 0 Å². The number of hydrogen-bond donors (Lipinski definition) is 1. The molecule has 0 amide bonds. The van der Waals surface area contributed by atoms with Crippen molar-refractivity contribution in [3.8, 4) is 0 Å². The monoisotopic (exact) mass is 329 g/mol. The van der Waals surface area contributed by atoms with Gasteiger partial charge in [-0.05, 0) is 71.4 Å². The van der Waals surface area contributed by atoms with Gasteiger partial charge in [0.25, 0.3) is 0 Å². The summed E-state index contributed by atoms with van der Waals surface area (Å²) < 4.78 is 1.29. The Bertz CT molecular complexity index is 369. The van der Waals surface area contributed by atoms with Gasteiger partial charge < -0.3 is 5.73 Å². The number of hydrogen-bond acceptors (Lipinski definition) is 1. The summed E-state index contributed by atoms with van der Waals surface area (Å²) in [7, 11) is 0. The molecule has 0 saturated heterocycles. The molecule has 0 radical (unpaired) electrons. The second-order valence-corrected chi connectivity index (χ2v) is 7.25. The van der Waals surface area contributed by atoms with Gasteiger partial charge in [-0.25, -0.2) is 0 Å². The van der Waals surface area contributed by atoms with Gasteiger partial charge in [-0.3, -0.25) is 0 Å². The molecule has 0 bridgehead atoms. The number of nitrogens with two attached hydrogens (primary N) is 1. The van der Waals surface area contributed by atoms with E-state index >= 15 is 0 Å². The van der Waals surface area contributed by atoms with E-state index in [4.69, 9.17) is 5.73 Å². The van der Waals surface area contributed by atoms with Crippen LogP contribution in [0.1, 0.15) is 38.7 Å². The van der Waals surface area contributed by atoms with Crippen molar-refractivity contribution in [2.24, 2.45) is 11.1 Å². The molecule has 1 aromatic carbocycles. The highest BCUT2D eigenvalue weighted by Gasteiger charge is 2.40. The minimum atomic E-state index is 0.0241. The third-order valence-corrected chi connectivity index (χ3v) is 4.32. The van der Waals surface area contributed by atoms with Crippen LogP contribution >= 0.6 is 22.6 Å². The van der Waals surface area contributed by atoms with Crippen LogP contribution in [0.4, 0.5) is 0 Å². The van der Waals surface area contributed by atoms with Gasteiger partial charge >= 0.3 is 0 Å².